The molecule has 4 heteroatoms. The monoisotopic (exact) mass is 151 g/mol. The Labute approximate surface area is 63.9 Å². The third kappa shape index (κ3) is 1.04. The fourth-order valence-corrected chi connectivity index (χ4v) is 0.736. The van der Waals surface area contributed by atoms with Crippen LogP contribution in [0.15, 0.2) is 17.3 Å². The summed E-state index contributed by atoms with van der Waals surface area (Å²) >= 11 is 3.98. The van der Waals surface area contributed by atoms with Gasteiger partial charge in [0.15, 0.2) is 0 Å². The molecule has 0 aliphatic heterocycles. The van der Waals surface area contributed by atoms with Crippen LogP contribution in [0.3, 0.4) is 0 Å². The molecule has 0 fully saturated rings. The maximum atomic E-state index is 8.44. The summed E-state index contributed by atoms with van der Waals surface area (Å²) in [6.45, 7) is 0. The molecule has 0 spiro atoms. The number of nitrogens with zero attached hydrogens (tertiary/aromatic N) is 2. The second-order valence-electron chi connectivity index (χ2n) is 1.73. The van der Waals surface area contributed by atoms with Gasteiger partial charge in [0.1, 0.15) is 6.07 Å². The van der Waals surface area contributed by atoms with Crippen LogP contribution in [0.1, 0.15) is 5.56 Å². The summed E-state index contributed by atoms with van der Waals surface area (Å²) in [6.07, 6.45) is 2.91. The normalized spacial score (nSPS) is 8.80. The van der Waals surface area contributed by atoms with Crippen molar-refractivity contribution in [1.29, 1.82) is 5.26 Å². The number of rotatable bonds is 0. The molecule has 0 atom stereocenters. The number of pyridine rings is 1. The van der Waals surface area contributed by atoms with Gasteiger partial charge < -0.3 is 5.73 Å². The summed E-state index contributed by atoms with van der Waals surface area (Å²) in [7, 11) is 0. The minimum absolute atomic E-state index is 0.368. The maximum absolute atomic E-state index is 8.44. The van der Waals surface area contributed by atoms with Gasteiger partial charge in [-0.05, 0) is 0 Å². The maximum Gasteiger partial charge on any atom is 0.103 e. The number of aromatic nitrogens is 1. The lowest BCUT2D eigenvalue weighted by Gasteiger charge is -1.97. The van der Waals surface area contributed by atoms with Crippen LogP contribution in [0.5, 0.6) is 0 Å². The van der Waals surface area contributed by atoms with Crippen molar-refractivity contribution in [1.82, 2.24) is 4.98 Å². The van der Waals surface area contributed by atoms with Crippen LogP contribution in [0.25, 0.3) is 0 Å². The molecule has 50 valence electrons. The average molecular weight is 151 g/mol. The van der Waals surface area contributed by atoms with E-state index in [4.69, 9.17) is 11.0 Å². The summed E-state index contributed by atoms with van der Waals surface area (Å²) in [5.74, 6) is 0. The molecule has 0 aliphatic rings. The number of thiol groups is 1. The van der Waals surface area contributed by atoms with Crippen molar-refractivity contribution in [3.63, 3.8) is 0 Å². The van der Waals surface area contributed by atoms with E-state index in [1.807, 2.05) is 6.07 Å². The molecular formula is C6H5N3S. The van der Waals surface area contributed by atoms with Gasteiger partial charge in [0.2, 0.25) is 0 Å². The highest BCUT2D eigenvalue weighted by Crippen LogP contribution is 2.17. The summed E-state index contributed by atoms with van der Waals surface area (Å²) < 4.78 is 0. The van der Waals surface area contributed by atoms with Gasteiger partial charge >= 0.3 is 0 Å². The van der Waals surface area contributed by atoms with Crippen molar-refractivity contribution >= 4 is 18.3 Å². The Morgan fingerprint density at radius 2 is 2.30 bits per heavy atom. The van der Waals surface area contributed by atoms with Gasteiger partial charge in [0.25, 0.3) is 0 Å². The first-order valence-electron chi connectivity index (χ1n) is 2.58. The lowest BCUT2D eigenvalue weighted by molar-refractivity contribution is 1.23. The molecule has 0 aromatic carbocycles. The third-order valence-electron chi connectivity index (χ3n) is 1.09. The first kappa shape index (κ1) is 6.90. The van der Waals surface area contributed by atoms with Crippen molar-refractivity contribution in [2.75, 3.05) is 5.73 Å². The van der Waals surface area contributed by atoms with E-state index in [1.165, 1.54) is 12.4 Å². The molecule has 1 aromatic heterocycles. The fraction of sp³-hybridized carbons (Fsp3) is 0. The predicted molar refractivity (Wildman–Crippen MR) is 40.6 cm³/mol. The lowest BCUT2D eigenvalue weighted by Crippen LogP contribution is -1.92. The quantitative estimate of drug-likeness (QED) is 0.540. The van der Waals surface area contributed by atoms with Crippen LogP contribution in [-0.2, 0) is 0 Å². The van der Waals surface area contributed by atoms with Crippen LogP contribution < -0.4 is 5.73 Å². The van der Waals surface area contributed by atoms with Crippen LogP contribution in [0.4, 0.5) is 5.69 Å². The first-order chi connectivity index (χ1) is 4.75. The number of nitrogen functional groups attached to an aromatic ring is 1. The van der Waals surface area contributed by atoms with Crippen LogP contribution >= 0.6 is 12.6 Å². The number of anilines is 1. The van der Waals surface area contributed by atoms with E-state index in [2.05, 4.69) is 17.6 Å². The molecule has 1 aromatic rings. The van der Waals surface area contributed by atoms with E-state index in [-0.39, 0.29) is 0 Å². The van der Waals surface area contributed by atoms with Gasteiger partial charge in [0, 0.05) is 17.3 Å². The van der Waals surface area contributed by atoms with Crippen LogP contribution in [0.2, 0.25) is 0 Å². The van der Waals surface area contributed by atoms with Crippen molar-refractivity contribution in [3.05, 3.63) is 18.0 Å². The highest BCUT2D eigenvalue weighted by atomic mass is 32.1. The molecule has 0 unspecified atom stereocenters. The average Bonchev–Trinajstić information content (AvgIpc) is 1.95. The summed E-state index contributed by atoms with van der Waals surface area (Å²) in [4.78, 5) is 4.28. The van der Waals surface area contributed by atoms with Crippen molar-refractivity contribution in [2.24, 2.45) is 0 Å². The van der Waals surface area contributed by atoms with E-state index < -0.39 is 0 Å². The van der Waals surface area contributed by atoms with Gasteiger partial charge in [-0.15, -0.1) is 12.6 Å². The molecule has 1 heterocycles. The molecule has 0 bridgehead atoms. The molecule has 1 rings (SSSR count). The largest absolute Gasteiger partial charge is 0.397 e. The minimum Gasteiger partial charge on any atom is -0.397 e. The Balaban J connectivity index is 3.31. The standard InChI is InChI=1S/C6H5N3S/c7-1-4-2-9-3-5(10)6(4)8/h2-3,10H,(H2,8,9). The minimum atomic E-state index is 0.368. The molecule has 10 heavy (non-hydrogen) atoms. The second-order valence-corrected chi connectivity index (χ2v) is 2.21. The van der Waals surface area contributed by atoms with E-state index in [0.29, 0.717) is 16.1 Å². The van der Waals surface area contributed by atoms with Gasteiger partial charge in [0.05, 0.1) is 11.3 Å². The fourth-order valence-electron chi connectivity index (χ4n) is 0.549. The van der Waals surface area contributed by atoms with Gasteiger partial charge in [-0.3, -0.25) is 4.98 Å². The number of hydrogen-bond acceptors (Lipinski definition) is 4. The second kappa shape index (κ2) is 2.58. The number of nitrogens with two attached hydrogens (primary N) is 1. The molecular weight excluding hydrogens is 146 g/mol. The highest BCUT2D eigenvalue weighted by molar-refractivity contribution is 7.80. The SMILES string of the molecule is N#Cc1cncc(S)c1N. The molecule has 2 N–H and O–H groups in total. The summed E-state index contributed by atoms with van der Waals surface area (Å²) in [5.41, 5.74) is 6.21. The van der Waals surface area contributed by atoms with Gasteiger partial charge in [-0.2, -0.15) is 5.26 Å². The van der Waals surface area contributed by atoms with Crippen LogP contribution in [0, 0.1) is 11.3 Å². The van der Waals surface area contributed by atoms with Crippen molar-refractivity contribution < 1.29 is 0 Å². The molecule has 0 saturated heterocycles. The van der Waals surface area contributed by atoms with Gasteiger partial charge in [-0.1, -0.05) is 0 Å². The third-order valence-corrected chi connectivity index (χ3v) is 1.44. The zero-order valence-corrected chi connectivity index (χ0v) is 5.97. The lowest BCUT2D eigenvalue weighted by atomic mass is 10.3. The van der Waals surface area contributed by atoms with E-state index in [0.717, 1.165) is 0 Å². The van der Waals surface area contributed by atoms with E-state index in [1.54, 1.807) is 0 Å². The predicted octanol–water partition coefficient (Wildman–Crippen LogP) is 0.824. The number of hydrogen-bond donors (Lipinski definition) is 2. The van der Waals surface area contributed by atoms with Crippen molar-refractivity contribution in [2.45, 2.75) is 4.90 Å². The first-order valence-corrected chi connectivity index (χ1v) is 3.03. The van der Waals surface area contributed by atoms with Gasteiger partial charge in [-0.25, -0.2) is 0 Å². The highest BCUT2D eigenvalue weighted by Gasteiger charge is 1.99. The topological polar surface area (TPSA) is 62.7 Å². The van der Waals surface area contributed by atoms with Crippen LogP contribution in [-0.4, -0.2) is 4.98 Å². The summed E-state index contributed by atoms with van der Waals surface area (Å²) in [6, 6.07) is 1.90. The molecule has 3 nitrogen and oxygen atoms in total. The molecule has 0 radical (unpaired) electrons. The molecule has 0 saturated carbocycles. The van der Waals surface area contributed by atoms with Crippen molar-refractivity contribution in [3.8, 4) is 6.07 Å². The summed E-state index contributed by atoms with van der Waals surface area (Å²) in [5, 5.41) is 8.44. The molecule has 0 amide bonds. The van der Waals surface area contributed by atoms with E-state index >= 15 is 0 Å². The smallest absolute Gasteiger partial charge is 0.103 e. The Morgan fingerprint density at radius 3 is 2.80 bits per heavy atom. The Morgan fingerprint density at radius 1 is 1.60 bits per heavy atom. The number of nitriles is 1. The Bertz CT molecular complexity index is 290. The zero-order chi connectivity index (χ0) is 7.56. The Hall–Kier alpha value is -1.21. The Kier molecular flexibility index (Phi) is 1.78. The van der Waals surface area contributed by atoms with E-state index in [9.17, 15) is 0 Å². The molecule has 0 aliphatic carbocycles. The zero-order valence-electron chi connectivity index (χ0n) is 5.07.